The molecule has 8 heteroatoms. The van der Waals surface area contributed by atoms with E-state index in [1.165, 1.54) is 0 Å². The number of nitrogens with one attached hydrogen (secondary N) is 3. The summed E-state index contributed by atoms with van der Waals surface area (Å²) in [5.74, 6) is -3.45. The van der Waals surface area contributed by atoms with Crippen LogP contribution in [-0.4, -0.2) is 34.8 Å². The SMILES string of the molecule is N=C(N)c1ccc(CC(C(=O)NCc2ccccc2)C(=O)NC(C(=O)O)C2CCCCC2)cc1. The smallest absolute Gasteiger partial charge is 0.326 e. The molecule has 0 saturated heterocycles. The molecule has 0 spiro atoms. The lowest BCUT2D eigenvalue weighted by atomic mass is 9.83. The summed E-state index contributed by atoms with van der Waals surface area (Å²) in [5, 5.41) is 22.8. The van der Waals surface area contributed by atoms with Crippen LogP contribution in [-0.2, 0) is 27.3 Å². The predicted octanol–water partition coefficient (Wildman–Crippen LogP) is 2.60. The van der Waals surface area contributed by atoms with E-state index in [1.54, 1.807) is 24.3 Å². The molecule has 0 aromatic heterocycles. The molecule has 2 unspecified atom stereocenters. The number of carboxylic acid groups (broad SMARTS) is 1. The molecule has 8 nitrogen and oxygen atoms in total. The molecule has 6 N–H and O–H groups in total. The molecule has 0 bridgehead atoms. The van der Waals surface area contributed by atoms with Crippen LogP contribution in [0.3, 0.4) is 0 Å². The number of carboxylic acids is 1. The van der Waals surface area contributed by atoms with E-state index in [9.17, 15) is 19.5 Å². The van der Waals surface area contributed by atoms with Crippen LogP contribution >= 0.6 is 0 Å². The molecule has 3 rings (SSSR count). The fourth-order valence-electron chi connectivity index (χ4n) is 4.37. The zero-order chi connectivity index (χ0) is 24.5. The van der Waals surface area contributed by atoms with Gasteiger partial charge in [0.05, 0.1) is 0 Å². The second-order valence-electron chi connectivity index (χ2n) is 8.79. The van der Waals surface area contributed by atoms with Crippen LogP contribution in [0.5, 0.6) is 0 Å². The molecule has 2 aromatic carbocycles. The van der Waals surface area contributed by atoms with Crippen molar-refractivity contribution in [1.82, 2.24) is 10.6 Å². The van der Waals surface area contributed by atoms with Gasteiger partial charge in [0.25, 0.3) is 0 Å². The van der Waals surface area contributed by atoms with Crippen LogP contribution in [0.2, 0.25) is 0 Å². The summed E-state index contributed by atoms with van der Waals surface area (Å²) in [6.45, 7) is 0.262. The number of nitrogens with two attached hydrogens (primary N) is 1. The molecule has 0 aliphatic heterocycles. The van der Waals surface area contributed by atoms with Gasteiger partial charge in [-0.05, 0) is 36.3 Å². The molecule has 2 atom stereocenters. The second kappa shape index (κ2) is 12.0. The van der Waals surface area contributed by atoms with Crippen LogP contribution in [0.25, 0.3) is 0 Å². The van der Waals surface area contributed by atoms with Crippen LogP contribution in [0.1, 0.15) is 48.8 Å². The van der Waals surface area contributed by atoms with Crippen molar-refractivity contribution in [2.24, 2.45) is 17.6 Å². The Morgan fingerprint density at radius 2 is 1.59 bits per heavy atom. The molecule has 2 amide bonds. The standard InChI is InChI=1S/C26H32N4O4/c27-23(28)20-13-11-17(12-14-20)15-21(24(31)29-16-18-7-3-1-4-8-18)25(32)30-22(26(33)34)19-9-5-2-6-10-19/h1,3-4,7-8,11-14,19,21-22H,2,5-6,9-10,15-16H2,(H3,27,28)(H,29,31)(H,30,32)(H,33,34). The summed E-state index contributed by atoms with van der Waals surface area (Å²) in [4.78, 5) is 38.3. The molecule has 1 aliphatic rings. The molecule has 2 aromatic rings. The van der Waals surface area contributed by atoms with Gasteiger partial charge >= 0.3 is 5.97 Å². The highest BCUT2D eigenvalue weighted by Crippen LogP contribution is 2.27. The number of nitrogen functional groups attached to an aromatic ring is 1. The first kappa shape index (κ1) is 25.0. The molecule has 0 radical (unpaired) electrons. The van der Waals surface area contributed by atoms with Gasteiger partial charge in [0.15, 0.2) is 0 Å². The van der Waals surface area contributed by atoms with Crippen LogP contribution in [0, 0.1) is 17.2 Å². The third-order valence-corrected chi connectivity index (χ3v) is 6.33. The maximum absolute atomic E-state index is 13.2. The summed E-state index contributed by atoms with van der Waals surface area (Å²) in [6, 6.07) is 15.1. The first-order valence-electron chi connectivity index (χ1n) is 11.6. The molecule has 1 saturated carbocycles. The Morgan fingerprint density at radius 3 is 2.18 bits per heavy atom. The fraction of sp³-hybridized carbons (Fsp3) is 0.385. The molecular weight excluding hydrogens is 432 g/mol. The lowest BCUT2D eigenvalue weighted by Gasteiger charge is -2.29. The molecule has 180 valence electrons. The number of benzene rings is 2. The quantitative estimate of drug-likeness (QED) is 0.208. The largest absolute Gasteiger partial charge is 0.480 e. The van der Waals surface area contributed by atoms with Gasteiger partial charge in [0, 0.05) is 12.1 Å². The highest BCUT2D eigenvalue weighted by molar-refractivity contribution is 6.01. The fourth-order valence-corrected chi connectivity index (χ4v) is 4.37. The van der Waals surface area contributed by atoms with Crippen LogP contribution in [0.4, 0.5) is 0 Å². The van der Waals surface area contributed by atoms with Crippen LogP contribution < -0.4 is 16.4 Å². The number of aliphatic carboxylic acids is 1. The molecule has 1 aliphatic carbocycles. The van der Waals surface area contributed by atoms with Gasteiger partial charge in [-0.3, -0.25) is 15.0 Å². The number of hydrogen-bond donors (Lipinski definition) is 5. The van der Waals surface area contributed by atoms with E-state index < -0.39 is 29.7 Å². The Labute approximate surface area is 199 Å². The molecule has 34 heavy (non-hydrogen) atoms. The summed E-state index contributed by atoms with van der Waals surface area (Å²) in [5.41, 5.74) is 7.66. The lowest BCUT2D eigenvalue weighted by Crippen LogP contribution is -2.51. The predicted molar refractivity (Wildman–Crippen MR) is 129 cm³/mol. The summed E-state index contributed by atoms with van der Waals surface area (Å²) in [6.07, 6.45) is 4.53. The Bertz CT molecular complexity index is 1000. The van der Waals surface area contributed by atoms with E-state index in [2.05, 4.69) is 10.6 Å². The normalized spacial score (nSPS) is 15.6. The average molecular weight is 465 g/mol. The van der Waals surface area contributed by atoms with Gasteiger partial charge in [-0.25, -0.2) is 4.79 Å². The first-order valence-corrected chi connectivity index (χ1v) is 11.6. The second-order valence-corrected chi connectivity index (χ2v) is 8.79. The third kappa shape index (κ3) is 6.91. The van der Waals surface area contributed by atoms with Gasteiger partial charge in [0.2, 0.25) is 11.8 Å². The van der Waals surface area contributed by atoms with E-state index >= 15 is 0 Å². The van der Waals surface area contributed by atoms with E-state index in [0.717, 1.165) is 37.7 Å². The van der Waals surface area contributed by atoms with E-state index in [1.807, 2.05) is 30.3 Å². The van der Waals surface area contributed by atoms with E-state index in [0.29, 0.717) is 11.1 Å². The van der Waals surface area contributed by atoms with Crippen molar-refractivity contribution in [1.29, 1.82) is 5.41 Å². The van der Waals surface area contributed by atoms with Crippen molar-refractivity contribution in [2.45, 2.75) is 51.1 Å². The molecule has 1 fully saturated rings. The van der Waals surface area contributed by atoms with Gasteiger partial charge in [-0.15, -0.1) is 0 Å². The van der Waals surface area contributed by atoms with E-state index in [-0.39, 0.29) is 24.7 Å². The van der Waals surface area contributed by atoms with Crippen molar-refractivity contribution in [2.75, 3.05) is 0 Å². The number of amides is 2. The minimum atomic E-state index is -1.10. The summed E-state index contributed by atoms with van der Waals surface area (Å²) < 4.78 is 0. The number of amidine groups is 1. The Hall–Kier alpha value is -3.68. The number of carbonyl (C=O) groups is 3. The summed E-state index contributed by atoms with van der Waals surface area (Å²) in [7, 11) is 0. The zero-order valence-electron chi connectivity index (χ0n) is 19.1. The van der Waals surface area contributed by atoms with Crippen molar-refractivity contribution in [3.8, 4) is 0 Å². The first-order chi connectivity index (χ1) is 16.3. The van der Waals surface area contributed by atoms with Gasteiger partial charge < -0.3 is 21.5 Å². The Balaban J connectivity index is 1.76. The van der Waals surface area contributed by atoms with Gasteiger partial charge in [-0.1, -0.05) is 73.9 Å². The maximum Gasteiger partial charge on any atom is 0.326 e. The monoisotopic (exact) mass is 464 g/mol. The van der Waals surface area contributed by atoms with Crippen molar-refractivity contribution in [3.05, 3.63) is 71.3 Å². The maximum atomic E-state index is 13.2. The number of rotatable bonds is 10. The minimum absolute atomic E-state index is 0.0711. The lowest BCUT2D eigenvalue weighted by molar-refractivity contribution is -0.146. The van der Waals surface area contributed by atoms with Crippen molar-refractivity contribution < 1.29 is 19.5 Å². The minimum Gasteiger partial charge on any atom is -0.480 e. The third-order valence-electron chi connectivity index (χ3n) is 6.33. The summed E-state index contributed by atoms with van der Waals surface area (Å²) >= 11 is 0. The zero-order valence-corrected chi connectivity index (χ0v) is 19.1. The number of hydrogen-bond acceptors (Lipinski definition) is 4. The van der Waals surface area contributed by atoms with E-state index in [4.69, 9.17) is 11.1 Å². The highest BCUT2D eigenvalue weighted by Gasteiger charge is 2.35. The highest BCUT2D eigenvalue weighted by atomic mass is 16.4. The number of carbonyl (C=O) groups excluding carboxylic acids is 2. The topological polar surface area (TPSA) is 145 Å². The molecule has 0 heterocycles. The average Bonchev–Trinajstić information content (AvgIpc) is 2.85. The molecular formula is C26H32N4O4. The Morgan fingerprint density at radius 1 is 0.941 bits per heavy atom. The van der Waals surface area contributed by atoms with Gasteiger partial charge in [0.1, 0.15) is 17.8 Å². The van der Waals surface area contributed by atoms with Crippen LogP contribution in [0.15, 0.2) is 54.6 Å². The van der Waals surface area contributed by atoms with Crippen molar-refractivity contribution in [3.63, 3.8) is 0 Å². The van der Waals surface area contributed by atoms with Crippen molar-refractivity contribution >= 4 is 23.6 Å². The van der Waals surface area contributed by atoms with Gasteiger partial charge in [-0.2, -0.15) is 0 Å². The Kier molecular flexibility index (Phi) is 8.79.